The van der Waals surface area contributed by atoms with E-state index in [0.29, 0.717) is 10.6 Å². The highest BCUT2D eigenvalue weighted by atomic mass is 35.5. The maximum absolute atomic E-state index is 13.1. The second kappa shape index (κ2) is 8.33. The third-order valence-corrected chi connectivity index (χ3v) is 4.60. The van der Waals surface area contributed by atoms with Crippen molar-refractivity contribution in [1.29, 1.82) is 0 Å². The number of alkyl halides is 3. The largest absolute Gasteiger partial charge is 0.434 e. The molecule has 0 spiro atoms. The number of halogens is 5. The molecule has 0 fully saturated rings. The maximum atomic E-state index is 13.1. The first kappa shape index (κ1) is 21.6. The van der Waals surface area contributed by atoms with Crippen molar-refractivity contribution in [2.45, 2.75) is 13.1 Å². The van der Waals surface area contributed by atoms with Gasteiger partial charge in [0, 0.05) is 10.7 Å². The van der Waals surface area contributed by atoms with Gasteiger partial charge in [0.25, 0.3) is 0 Å². The zero-order valence-corrected chi connectivity index (χ0v) is 16.5. The number of nitrogens with zero attached hydrogens (tertiary/aromatic N) is 3. The van der Waals surface area contributed by atoms with Crippen LogP contribution in [-0.2, 0) is 6.18 Å². The van der Waals surface area contributed by atoms with Crippen LogP contribution in [0, 0.1) is 17.0 Å². The van der Waals surface area contributed by atoms with E-state index in [-0.39, 0.29) is 17.3 Å². The summed E-state index contributed by atoms with van der Waals surface area (Å²) in [7, 11) is 0. The van der Waals surface area contributed by atoms with Gasteiger partial charge < -0.3 is 10.1 Å². The van der Waals surface area contributed by atoms with Crippen molar-refractivity contribution in [3.8, 4) is 11.6 Å². The molecule has 0 bridgehead atoms. The van der Waals surface area contributed by atoms with Crippen LogP contribution < -0.4 is 10.1 Å². The molecule has 3 aromatic rings. The maximum Gasteiger partial charge on any atom is 0.417 e. The van der Waals surface area contributed by atoms with Crippen LogP contribution >= 0.6 is 23.2 Å². The van der Waals surface area contributed by atoms with Gasteiger partial charge in [-0.15, -0.1) is 0 Å². The molecule has 0 radical (unpaired) electrons. The molecule has 0 unspecified atom stereocenters. The fourth-order valence-corrected chi connectivity index (χ4v) is 2.78. The van der Waals surface area contributed by atoms with Crippen LogP contribution in [0.3, 0.4) is 0 Å². The van der Waals surface area contributed by atoms with Crippen LogP contribution in [0.4, 0.5) is 30.4 Å². The first-order valence-corrected chi connectivity index (χ1v) is 8.89. The summed E-state index contributed by atoms with van der Waals surface area (Å²) in [6, 6.07) is 7.56. The molecule has 12 heteroatoms. The van der Waals surface area contributed by atoms with E-state index in [1.54, 1.807) is 19.1 Å². The van der Waals surface area contributed by atoms with Crippen LogP contribution in [-0.4, -0.2) is 14.9 Å². The first-order valence-electron chi connectivity index (χ1n) is 8.13. The summed E-state index contributed by atoms with van der Waals surface area (Å²) in [6.07, 6.45) is -3.72. The molecule has 156 valence electrons. The monoisotopic (exact) mass is 458 g/mol. The van der Waals surface area contributed by atoms with E-state index < -0.39 is 33.3 Å². The van der Waals surface area contributed by atoms with Gasteiger partial charge in [-0.25, -0.2) is 4.98 Å². The fraction of sp³-hybridized carbons (Fsp3) is 0.111. The first-order chi connectivity index (χ1) is 14.1. The highest BCUT2D eigenvalue weighted by Gasteiger charge is 2.34. The van der Waals surface area contributed by atoms with E-state index >= 15 is 0 Å². The molecule has 3 rings (SSSR count). The summed E-state index contributed by atoms with van der Waals surface area (Å²) >= 11 is 11.5. The lowest BCUT2D eigenvalue weighted by atomic mass is 10.2. The Bertz CT molecular complexity index is 1130. The molecule has 2 aromatic carbocycles. The Morgan fingerprint density at radius 2 is 1.80 bits per heavy atom. The number of aromatic nitrogens is 2. The van der Waals surface area contributed by atoms with Crippen LogP contribution in [0.25, 0.3) is 0 Å². The third-order valence-electron chi connectivity index (χ3n) is 3.85. The second-order valence-corrected chi connectivity index (χ2v) is 6.78. The molecule has 0 aliphatic heterocycles. The lowest BCUT2D eigenvalue weighted by Crippen LogP contribution is -2.07. The fourth-order valence-electron chi connectivity index (χ4n) is 2.44. The van der Waals surface area contributed by atoms with Gasteiger partial charge in [0.2, 0.25) is 5.82 Å². The number of benzene rings is 2. The molecular formula is C18H11Cl2F3N4O3. The number of nitro groups is 1. The van der Waals surface area contributed by atoms with Gasteiger partial charge in [-0.2, -0.15) is 18.2 Å². The lowest BCUT2D eigenvalue weighted by Gasteiger charge is -2.13. The summed E-state index contributed by atoms with van der Waals surface area (Å²) in [5.41, 5.74) is -1.19. The molecule has 0 aliphatic rings. The van der Waals surface area contributed by atoms with Crippen molar-refractivity contribution >= 4 is 40.4 Å². The van der Waals surface area contributed by atoms with Crippen molar-refractivity contribution < 1.29 is 22.8 Å². The van der Waals surface area contributed by atoms with E-state index in [9.17, 15) is 23.3 Å². The smallest absolute Gasteiger partial charge is 0.417 e. The summed E-state index contributed by atoms with van der Waals surface area (Å²) in [6.45, 7) is 1.72. The number of anilines is 2. The van der Waals surface area contributed by atoms with Crippen LogP contribution in [0.2, 0.25) is 10.0 Å². The van der Waals surface area contributed by atoms with Crippen LogP contribution in [0.1, 0.15) is 11.1 Å². The molecule has 1 heterocycles. The molecule has 30 heavy (non-hydrogen) atoms. The van der Waals surface area contributed by atoms with Crippen molar-refractivity contribution in [1.82, 2.24) is 9.97 Å². The second-order valence-electron chi connectivity index (χ2n) is 5.96. The SMILES string of the molecule is Cc1cc(Oc2ncnc(Nc3ccc(Cl)c(C(F)(F)F)c3)c2[N+](=O)[O-])ccc1Cl. The molecule has 0 saturated carbocycles. The molecule has 0 aliphatic carbocycles. The Balaban J connectivity index is 1.99. The van der Waals surface area contributed by atoms with E-state index in [1.807, 2.05) is 0 Å². The molecule has 1 N–H and O–H groups in total. The summed E-state index contributed by atoms with van der Waals surface area (Å²) < 4.78 is 44.7. The Kier molecular flexibility index (Phi) is 5.99. The van der Waals surface area contributed by atoms with Gasteiger partial charge in [0.05, 0.1) is 15.5 Å². The standard InChI is InChI=1S/C18H11Cl2F3N4O3/c1-9-6-11(3-5-13(9)19)30-17-15(27(28)29)16(24-8-25-17)26-10-2-4-14(20)12(7-10)18(21,22)23/h2-8H,1H3,(H,24,25,26). The molecular weight excluding hydrogens is 448 g/mol. The Morgan fingerprint density at radius 1 is 1.10 bits per heavy atom. The van der Waals surface area contributed by atoms with Gasteiger partial charge in [0.1, 0.15) is 12.1 Å². The minimum Gasteiger partial charge on any atom is -0.434 e. The van der Waals surface area contributed by atoms with Gasteiger partial charge in [-0.1, -0.05) is 23.2 Å². The van der Waals surface area contributed by atoms with E-state index in [4.69, 9.17) is 27.9 Å². The van der Waals surface area contributed by atoms with Gasteiger partial charge in [-0.3, -0.25) is 10.1 Å². The normalized spacial score (nSPS) is 11.3. The van der Waals surface area contributed by atoms with Crippen molar-refractivity contribution in [2.75, 3.05) is 5.32 Å². The third kappa shape index (κ3) is 4.71. The highest BCUT2D eigenvalue weighted by Crippen LogP contribution is 2.39. The summed E-state index contributed by atoms with van der Waals surface area (Å²) in [4.78, 5) is 18.3. The Morgan fingerprint density at radius 3 is 2.43 bits per heavy atom. The topological polar surface area (TPSA) is 90.2 Å². The number of hydrogen-bond acceptors (Lipinski definition) is 6. The molecule has 0 amide bonds. The van der Waals surface area contributed by atoms with E-state index in [2.05, 4.69) is 15.3 Å². The number of nitrogens with one attached hydrogen (secondary N) is 1. The average molecular weight is 459 g/mol. The van der Waals surface area contributed by atoms with Crippen LogP contribution in [0.5, 0.6) is 11.6 Å². The zero-order chi connectivity index (χ0) is 22.1. The molecule has 0 saturated heterocycles. The number of aryl methyl sites for hydroxylation is 1. The average Bonchev–Trinajstić information content (AvgIpc) is 2.65. The Labute approximate surface area is 177 Å². The van der Waals surface area contributed by atoms with Crippen molar-refractivity contribution in [3.63, 3.8) is 0 Å². The zero-order valence-electron chi connectivity index (χ0n) is 15.0. The predicted octanol–water partition coefficient (Wildman–Crippen LogP) is 6.55. The quantitative estimate of drug-likeness (QED) is 0.344. The number of rotatable bonds is 5. The lowest BCUT2D eigenvalue weighted by molar-refractivity contribution is -0.385. The minimum absolute atomic E-state index is 0.109. The molecule has 7 nitrogen and oxygen atoms in total. The molecule has 0 atom stereocenters. The minimum atomic E-state index is -4.70. The van der Waals surface area contributed by atoms with Gasteiger partial charge in [0.15, 0.2) is 0 Å². The van der Waals surface area contributed by atoms with E-state index in [0.717, 1.165) is 18.5 Å². The molecule has 1 aromatic heterocycles. The van der Waals surface area contributed by atoms with Crippen LogP contribution in [0.15, 0.2) is 42.7 Å². The van der Waals surface area contributed by atoms with Crippen molar-refractivity contribution in [3.05, 3.63) is 74.0 Å². The van der Waals surface area contributed by atoms with E-state index in [1.165, 1.54) is 12.1 Å². The number of hydrogen-bond donors (Lipinski definition) is 1. The Hall–Kier alpha value is -3.11. The summed E-state index contributed by atoms with van der Waals surface area (Å²) in [5.74, 6) is -0.522. The predicted molar refractivity (Wildman–Crippen MR) is 105 cm³/mol. The highest BCUT2D eigenvalue weighted by molar-refractivity contribution is 6.31. The summed E-state index contributed by atoms with van der Waals surface area (Å²) in [5, 5.41) is 14.1. The van der Waals surface area contributed by atoms with Gasteiger partial charge >= 0.3 is 17.7 Å². The van der Waals surface area contributed by atoms with Gasteiger partial charge in [-0.05, 0) is 48.9 Å². The number of ether oxygens (including phenoxy) is 1. The van der Waals surface area contributed by atoms with Crippen molar-refractivity contribution in [2.24, 2.45) is 0 Å².